The van der Waals surface area contributed by atoms with Gasteiger partial charge in [0.1, 0.15) is 0 Å². The van der Waals surface area contributed by atoms with E-state index in [-0.39, 0.29) is 5.60 Å². The summed E-state index contributed by atoms with van der Waals surface area (Å²) in [6.45, 7) is 4.15. The van der Waals surface area contributed by atoms with Crippen molar-refractivity contribution in [3.63, 3.8) is 0 Å². The quantitative estimate of drug-likeness (QED) is 0.615. The van der Waals surface area contributed by atoms with E-state index in [0.717, 1.165) is 12.8 Å². The molecule has 0 heterocycles. The van der Waals surface area contributed by atoms with E-state index in [0.29, 0.717) is 17.7 Å². The third kappa shape index (κ3) is 5.23. The van der Waals surface area contributed by atoms with E-state index in [2.05, 4.69) is 13.8 Å². The molecule has 0 aliphatic rings. The Kier molecular flexibility index (Phi) is 6.34. The SMILES string of the molecule is COC(C)(C)CCC(CCl)CCl. The van der Waals surface area contributed by atoms with E-state index < -0.39 is 0 Å². The number of rotatable bonds is 6. The molecule has 0 aromatic heterocycles. The molecule has 0 spiro atoms. The van der Waals surface area contributed by atoms with Crippen molar-refractivity contribution in [3.05, 3.63) is 0 Å². The van der Waals surface area contributed by atoms with Gasteiger partial charge in [-0.3, -0.25) is 0 Å². The lowest BCUT2D eigenvalue weighted by Gasteiger charge is -2.24. The number of alkyl halides is 2. The van der Waals surface area contributed by atoms with Crippen LogP contribution in [0, 0.1) is 5.92 Å². The van der Waals surface area contributed by atoms with Crippen LogP contribution in [-0.2, 0) is 4.74 Å². The van der Waals surface area contributed by atoms with Gasteiger partial charge in [0.2, 0.25) is 0 Å². The van der Waals surface area contributed by atoms with E-state index in [1.807, 2.05) is 0 Å². The summed E-state index contributed by atoms with van der Waals surface area (Å²) < 4.78 is 5.29. The molecule has 0 N–H and O–H groups in total. The first-order valence-electron chi connectivity index (χ1n) is 4.23. The zero-order valence-corrected chi connectivity index (χ0v) is 9.58. The highest BCUT2D eigenvalue weighted by atomic mass is 35.5. The molecule has 0 bridgehead atoms. The highest BCUT2D eigenvalue weighted by Gasteiger charge is 2.18. The van der Waals surface area contributed by atoms with E-state index in [4.69, 9.17) is 27.9 Å². The Morgan fingerprint density at radius 3 is 2.08 bits per heavy atom. The molecule has 0 aromatic carbocycles. The van der Waals surface area contributed by atoms with Crippen molar-refractivity contribution < 1.29 is 4.74 Å². The van der Waals surface area contributed by atoms with Crippen LogP contribution < -0.4 is 0 Å². The van der Waals surface area contributed by atoms with Gasteiger partial charge in [-0.15, -0.1) is 23.2 Å². The lowest BCUT2D eigenvalue weighted by Crippen LogP contribution is -2.24. The van der Waals surface area contributed by atoms with Gasteiger partial charge >= 0.3 is 0 Å². The molecule has 0 saturated carbocycles. The predicted octanol–water partition coefficient (Wildman–Crippen LogP) is 3.29. The Morgan fingerprint density at radius 1 is 1.25 bits per heavy atom. The minimum Gasteiger partial charge on any atom is -0.379 e. The molecule has 0 saturated heterocycles. The van der Waals surface area contributed by atoms with Crippen molar-refractivity contribution in [2.75, 3.05) is 18.9 Å². The van der Waals surface area contributed by atoms with Gasteiger partial charge in [0.25, 0.3) is 0 Å². The Hall–Kier alpha value is 0.540. The molecule has 74 valence electrons. The Bertz CT molecular complexity index is 111. The molecule has 3 heteroatoms. The van der Waals surface area contributed by atoms with E-state index in [9.17, 15) is 0 Å². The topological polar surface area (TPSA) is 9.23 Å². The molecule has 0 aromatic rings. The molecule has 0 amide bonds. The van der Waals surface area contributed by atoms with Crippen molar-refractivity contribution in [2.45, 2.75) is 32.3 Å². The maximum atomic E-state index is 5.71. The number of hydrogen-bond donors (Lipinski definition) is 0. The molecule has 0 unspecified atom stereocenters. The number of hydrogen-bond acceptors (Lipinski definition) is 1. The zero-order chi connectivity index (χ0) is 9.61. The summed E-state index contributed by atoms with van der Waals surface area (Å²) >= 11 is 11.4. The molecule has 0 rings (SSSR count). The smallest absolute Gasteiger partial charge is 0.0622 e. The third-order valence-corrected chi connectivity index (χ3v) is 3.02. The van der Waals surface area contributed by atoms with Gasteiger partial charge in [-0.1, -0.05) is 0 Å². The Balaban J connectivity index is 3.65. The number of halogens is 2. The van der Waals surface area contributed by atoms with Crippen LogP contribution in [0.5, 0.6) is 0 Å². The van der Waals surface area contributed by atoms with Gasteiger partial charge in [-0.25, -0.2) is 0 Å². The van der Waals surface area contributed by atoms with Gasteiger partial charge in [-0.2, -0.15) is 0 Å². The van der Waals surface area contributed by atoms with Gasteiger partial charge in [0.05, 0.1) is 5.60 Å². The van der Waals surface area contributed by atoms with Crippen molar-refractivity contribution in [3.8, 4) is 0 Å². The standard InChI is InChI=1S/C9H18Cl2O/c1-9(2,12-3)5-4-8(6-10)7-11/h8H,4-7H2,1-3H3. The largest absolute Gasteiger partial charge is 0.379 e. The van der Waals surface area contributed by atoms with Crippen LogP contribution in [0.15, 0.2) is 0 Å². The molecule has 12 heavy (non-hydrogen) atoms. The molecule has 0 fully saturated rings. The number of ether oxygens (including phenoxy) is 1. The summed E-state index contributed by atoms with van der Waals surface area (Å²) in [6, 6.07) is 0. The van der Waals surface area contributed by atoms with Crippen LogP contribution in [0.2, 0.25) is 0 Å². The monoisotopic (exact) mass is 212 g/mol. The fourth-order valence-corrected chi connectivity index (χ4v) is 1.49. The summed E-state index contributed by atoms with van der Waals surface area (Å²) in [7, 11) is 1.73. The molecular weight excluding hydrogens is 195 g/mol. The fourth-order valence-electron chi connectivity index (χ4n) is 0.849. The van der Waals surface area contributed by atoms with Crippen LogP contribution >= 0.6 is 23.2 Å². The van der Waals surface area contributed by atoms with E-state index >= 15 is 0 Å². The van der Waals surface area contributed by atoms with Gasteiger partial charge in [0.15, 0.2) is 0 Å². The molecule has 0 radical (unpaired) electrons. The minimum absolute atomic E-state index is 0.0453. The zero-order valence-electron chi connectivity index (χ0n) is 8.07. The van der Waals surface area contributed by atoms with E-state index in [1.165, 1.54) is 0 Å². The third-order valence-electron chi connectivity index (χ3n) is 2.14. The van der Waals surface area contributed by atoms with Crippen LogP contribution in [-0.4, -0.2) is 24.5 Å². The first-order chi connectivity index (χ1) is 5.55. The Labute approximate surface area is 85.4 Å². The van der Waals surface area contributed by atoms with Gasteiger partial charge in [-0.05, 0) is 32.6 Å². The van der Waals surface area contributed by atoms with Crippen LogP contribution in [0.4, 0.5) is 0 Å². The summed E-state index contributed by atoms with van der Waals surface area (Å²) in [6.07, 6.45) is 2.04. The van der Waals surface area contributed by atoms with Crippen molar-refractivity contribution in [2.24, 2.45) is 5.92 Å². The first kappa shape index (κ1) is 12.5. The lowest BCUT2D eigenvalue weighted by atomic mass is 9.97. The van der Waals surface area contributed by atoms with E-state index in [1.54, 1.807) is 7.11 Å². The first-order valence-corrected chi connectivity index (χ1v) is 5.29. The second-order valence-corrected chi connectivity index (χ2v) is 4.29. The molecular formula is C9H18Cl2O. The average molecular weight is 213 g/mol. The normalized spacial score (nSPS) is 12.5. The number of methoxy groups -OCH3 is 1. The summed E-state index contributed by atoms with van der Waals surface area (Å²) in [5, 5.41) is 0. The molecule has 1 nitrogen and oxygen atoms in total. The van der Waals surface area contributed by atoms with Crippen LogP contribution in [0.1, 0.15) is 26.7 Å². The average Bonchev–Trinajstić information content (AvgIpc) is 2.06. The summed E-state index contributed by atoms with van der Waals surface area (Å²) in [5.74, 6) is 1.70. The molecule has 0 aliphatic carbocycles. The van der Waals surface area contributed by atoms with Crippen molar-refractivity contribution in [1.82, 2.24) is 0 Å². The molecule has 0 aliphatic heterocycles. The fraction of sp³-hybridized carbons (Fsp3) is 1.00. The maximum absolute atomic E-state index is 5.71. The highest BCUT2D eigenvalue weighted by Crippen LogP contribution is 2.20. The minimum atomic E-state index is -0.0453. The summed E-state index contributed by atoms with van der Waals surface area (Å²) in [4.78, 5) is 0. The predicted molar refractivity (Wildman–Crippen MR) is 55.3 cm³/mol. The highest BCUT2D eigenvalue weighted by molar-refractivity contribution is 6.20. The lowest BCUT2D eigenvalue weighted by molar-refractivity contribution is 0.0115. The second-order valence-electron chi connectivity index (χ2n) is 3.68. The maximum Gasteiger partial charge on any atom is 0.0622 e. The summed E-state index contributed by atoms with van der Waals surface area (Å²) in [5.41, 5.74) is -0.0453. The van der Waals surface area contributed by atoms with Crippen LogP contribution in [0.3, 0.4) is 0 Å². The van der Waals surface area contributed by atoms with Crippen molar-refractivity contribution >= 4 is 23.2 Å². The van der Waals surface area contributed by atoms with Gasteiger partial charge < -0.3 is 4.74 Å². The second kappa shape index (κ2) is 6.06. The molecule has 0 atom stereocenters. The van der Waals surface area contributed by atoms with Crippen molar-refractivity contribution in [1.29, 1.82) is 0 Å². The van der Waals surface area contributed by atoms with Gasteiger partial charge in [0, 0.05) is 18.9 Å². The van der Waals surface area contributed by atoms with Crippen LogP contribution in [0.25, 0.3) is 0 Å². The Morgan fingerprint density at radius 2 is 1.75 bits per heavy atom.